The summed E-state index contributed by atoms with van der Waals surface area (Å²) in [5, 5.41) is 0. The van der Waals surface area contributed by atoms with Gasteiger partial charge in [-0.05, 0) is 44.1 Å². The highest BCUT2D eigenvalue weighted by Gasteiger charge is 2.57. The topological polar surface area (TPSA) is 63.7 Å². The van der Waals surface area contributed by atoms with Gasteiger partial charge < -0.3 is 14.3 Å². The number of fused-ring (bicyclic) bond motifs is 2. The Kier molecular flexibility index (Phi) is 4.20. The fourth-order valence-electron chi connectivity index (χ4n) is 4.03. The average molecular weight is 315 g/mol. The Bertz CT molecular complexity index is 564. The van der Waals surface area contributed by atoms with Crippen molar-refractivity contribution >= 4 is 18.7 Å². The summed E-state index contributed by atoms with van der Waals surface area (Å²) in [7, 11) is 0. The van der Waals surface area contributed by atoms with Gasteiger partial charge in [-0.15, -0.1) is 0 Å². The fraction of sp³-hybridized carbons (Fsp3) is 0.500. The predicted octanol–water partition coefficient (Wildman–Crippen LogP) is 2.87. The van der Waals surface area contributed by atoms with Crippen LogP contribution in [0.25, 0.3) is 0 Å². The number of ether oxygens (including phenoxy) is 1. The Morgan fingerprint density at radius 3 is 2.00 bits per heavy atom. The van der Waals surface area contributed by atoms with E-state index in [1.807, 2.05) is 30.3 Å². The van der Waals surface area contributed by atoms with Crippen LogP contribution < -0.4 is 0 Å². The zero-order valence-corrected chi connectivity index (χ0v) is 13.1. The van der Waals surface area contributed by atoms with Crippen LogP contribution in [-0.4, -0.2) is 34.6 Å². The second-order valence-electron chi connectivity index (χ2n) is 6.53. The van der Waals surface area contributed by atoms with Crippen LogP contribution in [0.15, 0.2) is 30.3 Å². The van der Waals surface area contributed by atoms with Gasteiger partial charge in [0.2, 0.25) is 0 Å². The summed E-state index contributed by atoms with van der Waals surface area (Å²) in [5.41, 5.74) is -0.889. The Morgan fingerprint density at radius 1 is 1.00 bits per heavy atom. The molecule has 0 aromatic heterocycles. The first-order valence-electron chi connectivity index (χ1n) is 8.09. The lowest BCUT2D eigenvalue weighted by Gasteiger charge is -2.56. The number of hydrogen-bond acceptors (Lipinski definition) is 4. The summed E-state index contributed by atoms with van der Waals surface area (Å²) in [5.74, 6) is 0. The molecule has 0 aliphatic carbocycles. The molecule has 1 amide bonds. The summed E-state index contributed by atoms with van der Waals surface area (Å²) in [6.07, 6.45) is 5.09. The highest BCUT2D eigenvalue weighted by Crippen LogP contribution is 2.46. The lowest BCUT2D eigenvalue weighted by atomic mass is 9.68. The van der Waals surface area contributed by atoms with Crippen molar-refractivity contribution in [1.29, 1.82) is 0 Å². The quantitative estimate of drug-likeness (QED) is 0.802. The number of amides is 1. The molecule has 2 aliphatic heterocycles. The van der Waals surface area contributed by atoms with Crippen molar-refractivity contribution in [3.8, 4) is 0 Å². The van der Waals surface area contributed by atoms with Crippen LogP contribution in [0.1, 0.15) is 44.1 Å². The molecule has 1 aromatic carbocycles. The van der Waals surface area contributed by atoms with E-state index in [2.05, 4.69) is 0 Å². The molecule has 23 heavy (non-hydrogen) atoms. The molecular weight excluding hydrogens is 294 g/mol. The van der Waals surface area contributed by atoms with Gasteiger partial charge >= 0.3 is 6.09 Å². The first-order valence-corrected chi connectivity index (χ1v) is 8.09. The molecule has 0 atom stereocenters. The molecule has 2 heterocycles. The maximum Gasteiger partial charge on any atom is 0.411 e. The monoisotopic (exact) mass is 315 g/mol. The van der Waals surface area contributed by atoms with E-state index < -0.39 is 17.2 Å². The lowest BCUT2D eigenvalue weighted by molar-refractivity contribution is -0.143. The van der Waals surface area contributed by atoms with Crippen LogP contribution in [0.3, 0.4) is 0 Å². The molecule has 0 saturated carbocycles. The minimum atomic E-state index is -0.884. The van der Waals surface area contributed by atoms with Gasteiger partial charge in [0.25, 0.3) is 0 Å². The number of nitrogens with zero attached hydrogens (tertiary/aromatic N) is 1. The maximum atomic E-state index is 12.7. The molecule has 5 nitrogen and oxygen atoms in total. The molecule has 2 fully saturated rings. The summed E-state index contributed by atoms with van der Waals surface area (Å²) >= 11 is 0. The van der Waals surface area contributed by atoms with Crippen molar-refractivity contribution in [3.63, 3.8) is 0 Å². The number of carbonyl (C=O) groups excluding carboxylic acids is 3. The van der Waals surface area contributed by atoms with Gasteiger partial charge in [-0.2, -0.15) is 0 Å². The van der Waals surface area contributed by atoms with Gasteiger partial charge in [0.05, 0.1) is 0 Å². The van der Waals surface area contributed by atoms with Gasteiger partial charge in [0.15, 0.2) is 0 Å². The number of aldehydes is 2. The van der Waals surface area contributed by atoms with E-state index in [1.54, 1.807) is 0 Å². The molecule has 1 aromatic rings. The van der Waals surface area contributed by atoms with Gasteiger partial charge in [0.1, 0.15) is 30.3 Å². The Balaban J connectivity index is 1.83. The van der Waals surface area contributed by atoms with Crippen molar-refractivity contribution in [2.24, 2.45) is 0 Å². The molecule has 3 rings (SSSR count). The van der Waals surface area contributed by atoms with Gasteiger partial charge in [-0.25, -0.2) is 4.79 Å². The molecule has 2 saturated heterocycles. The summed E-state index contributed by atoms with van der Waals surface area (Å²) < 4.78 is 5.43. The number of piperidine rings is 2. The summed E-state index contributed by atoms with van der Waals surface area (Å²) in [6.45, 7) is 0.139. The molecular formula is C18H21NO4. The Hall–Kier alpha value is -2.17. The third kappa shape index (κ3) is 2.64. The zero-order valence-electron chi connectivity index (χ0n) is 13.1. The van der Waals surface area contributed by atoms with Crippen LogP contribution in [-0.2, 0) is 20.9 Å². The molecule has 122 valence electrons. The van der Waals surface area contributed by atoms with Crippen molar-refractivity contribution in [1.82, 2.24) is 4.90 Å². The zero-order chi connectivity index (χ0) is 16.3. The first kappa shape index (κ1) is 15.7. The number of rotatable bonds is 4. The first-order chi connectivity index (χ1) is 11.2. The van der Waals surface area contributed by atoms with E-state index in [0.29, 0.717) is 25.7 Å². The number of hydrogen-bond donors (Lipinski definition) is 0. The summed E-state index contributed by atoms with van der Waals surface area (Å²) in [4.78, 5) is 37.7. The molecule has 0 N–H and O–H groups in total. The molecule has 0 spiro atoms. The normalized spacial score (nSPS) is 29.7. The third-order valence-corrected chi connectivity index (χ3v) is 5.16. The molecule has 2 bridgehead atoms. The second-order valence-corrected chi connectivity index (χ2v) is 6.53. The van der Waals surface area contributed by atoms with Crippen LogP contribution >= 0.6 is 0 Å². The highest BCUT2D eigenvalue weighted by atomic mass is 16.6. The van der Waals surface area contributed by atoms with Gasteiger partial charge in [0, 0.05) is 0 Å². The largest absolute Gasteiger partial charge is 0.445 e. The van der Waals surface area contributed by atoms with E-state index in [-0.39, 0.29) is 6.61 Å². The van der Waals surface area contributed by atoms with Gasteiger partial charge in [-0.3, -0.25) is 4.90 Å². The maximum absolute atomic E-state index is 12.7. The molecule has 5 heteroatoms. The third-order valence-electron chi connectivity index (χ3n) is 5.16. The summed E-state index contributed by atoms with van der Waals surface area (Å²) in [6, 6.07) is 9.38. The van der Waals surface area contributed by atoms with Crippen molar-refractivity contribution < 1.29 is 19.1 Å². The van der Waals surface area contributed by atoms with Crippen LogP contribution in [0, 0.1) is 0 Å². The van der Waals surface area contributed by atoms with Crippen LogP contribution in [0.5, 0.6) is 0 Å². The lowest BCUT2D eigenvalue weighted by Crippen LogP contribution is -2.69. The molecule has 0 radical (unpaired) electrons. The minimum absolute atomic E-state index is 0.139. The van der Waals surface area contributed by atoms with E-state index >= 15 is 0 Å². The predicted molar refractivity (Wildman–Crippen MR) is 83.8 cm³/mol. The molecule has 0 unspecified atom stereocenters. The highest BCUT2D eigenvalue weighted by molar-refractivity contribution is 5.84. The van der Waals surface area contributed by atoms with E-state index in [0.717, 1.165) is 31.0 Å². The van der Waals surface area contributed by atoms with Crippen LogP contribution in [0.4, 0.5) is 4.79 Å². The van der Waals surface area contributed by atoms with Gasteiger partial charge in [-0.1, -0.05) is 30.3 Å². The Labute approximate surface area is 135 Å². The van der Waals surface area contributed by atoms with Crippen molar-refractivity contribution in [3.05, 3.63) is 35.9 Å². The van der Waals surface area contributed by atoms with Crippen LogP contribution in [0.2, 0.25) is 0 Å². The number of carbonyl (C=O) groups is 3. The standard InChI is InChI=1S/C18H21NO4/c20-13-17-8-4-9-18(14-21,11-5-10-17)19(17)16(22)23-12-15-6-2-1-3-7-15/h1-3,6-7,13-14H,4-5,8-12H2. The smallest absolute Gasteiger partial charge is 0.411 e. The van der Waals surface area contributed by atoms with Crippen molar-refractivity contribution in [2.75, 3.05) is 0 Å². The van der Waals surface area contributed by atoms with E-state index in [1.165, 1.54) is 4.90 Å². The average Bonchev–Trinajstić information content (AvgIpc) is 2.59. The minimum Gasteiger partial charge on any atom is -0.445 e. The SMILES string of the molecule is O=CC12CCCC(C=O)(CCC1)N2C(=O)OCc1ccccc1. The second kappa shape index (κ2) is 6.14. The number of benzene rings is 1. The van der Waals surface area contributed by atoms with Crippen molar-refractivity contribution in [2.45, 2.75) is 56.2 Å². The van der Waals surface area contributed by atoms with E-state index in [4.69, 9.17) is 4.74 Å². The van der Waals surface area contributed by atoms with E-state index in [9.17, 15) is 14.4 Å². The molecule has 2 aliphatic rings. The fourth-order valence-corrected chi connectivity index (χ4v) is 4.03. The Morgan fingerprint density at radius 2 is 1.52 bits per heavy atom.